The van der Waals surface area contributed by atoms with E-state index in [0.29, 0.717) is 19.8 Å². The molecule has 10 atom stereocenters. The third-order valence-corrected chi connectivity index (χ3v) is 15.7. The van der Waals surface area contributed by atoms with E-state index in [0.717, 1.165) is 16.7 Å². The topological polar surface area (TPSA) is 92.3 Å². The normalized spacial score (nSPS) is 32.4. The fourth-order valence-corrected chi connectivity index (χ4v) is 13.2. The number of fused-ring (bicyclic) bond motifs is 2. The summed E-state index contributed by atoms with van der Waals surface area (Å²) < 4.78 is 67.5. The van der Waals surface area contributed by atoms with Crippen LogP contribution >= 0.6 is 0 Å². The number of rotatable bonds is 12. The predicted octanol–water partition coefficient (Wildman–Crippen LogP) is 7.77. The van der Waals surface area contributed by atoms with Gasteiger partial charge in [0.2, 0.25) is 0 Å². The van der Waals surface area contributed by atoms with E-state index in [1.165, 1.54) is 0 Å². The van der Waals surface area contributed by atoms with Gasteiger partial charge < -0.3 is 46.7 Å². The van der Waals surface area contributed by atoms with Crippen molar-refractivity contribution in [3.8, 4) is 0 Å². The minimum atomic E-state index is -2.90. The second-order valence-corrected chi connectivity index (χ2v) is 21.3. The molecule has 10 nitrogen and oxygen atoms in total. The van der Waals surface area contributed by atoms with E-state index in [9.17, 15) is 0 Å². The summed E-state index contributed by atoms with van der Waals surface area (Å²) >= 11 is 0. The molecule has 0 amide bonds. The van der Waals surface area contributed by atoms with Crippen molar-refractivity contribution in [1.29, 1.82) is 0 Å². The molecule has 0 aromatic heterocycles. The standard InChI is InChI=1S/C43H56O10Si/c1-8-24-44-40-38(46-26-30-20-14-10-15-21-30)36(34-32(49-40)27-47-39(51-34)31-22-16-11-17-23-31)52-41-37(45-25-29-18-12-9-13-19-29)35-33(50-41)28-48-54(53-35,42(2,3)4)43(5,6)7/h8-23,32-41H,1,24-28H2,2-7H3/t32-,33+,34-,35+,36+,37-,38-,39-,40-,41-/m1/s1. The molecule has 7 rings (SSSR count). The molecule has 0 unspecified atom stereocenters. The molecule has 0 bridgehead atoms. The first-order chi connectivity index (χ1) is 26.0. The maximum Gasteiger partial charge on any atom is 0.349 e. The summed E-state index contributed by atoms with van der Waals surface area (Å²) in [6, 6.07) is 30.0. The van der Waals surface area contributed by atoms with E-state index in [4.69, 9.17) is 46.7 Å². The van der Waals surface area contributed by atoms with Crippen molar-refractivity contribution in [2.75, 3.05) is 19.8 Å². The zero-order valence-electron chi connectivity index (χ0n) is 32.3. The highest BCUT2D eigenvalue weighted by Crippen LogP contribution is 2.56. The molecule has 4 aliphatic heterocycles. The van der Waals surface area contributed by atoms with E-state index < -0.39 is 70.2 Å². The van der Waals surface area contributed by atoms with Gasteiger partial charge in [-0.15, -0.1) is 6.58 Å². The highest BCUT2D eigenvalue weighted by atomic mass is 28.4. The highest BCUT2D eigenvalue weighted by molar-refractivity contribution is 6.73. The van der Waals surface area contributed by atoms with Crippen LogP contribution in [-0.2, 0) is 60.0 Å². The molecule has 0 N–H and O–H groups in total. The van der Waals surface area contributed by atoms with Gasteiger partial charge in [0.15, 0.2) is 18.9 Å². The first-order valence-electron chi connectivity index (χ1n) is 19.1. The van der Waals surface area contributed by atoms with Gasteiger partial charge in [0.05, 0.1) is 33.0 Å². The van der Waals surface area contributed by atoms with Gasteiger partial charge in [0, 0.05) is 15.6 Å². The second kappa shape index (κ2) is 16.8. The van der Waals surface area contributed by atoms with E-state index in [1.807, 2.05) is 78.9 Å². The minimum absolute atomic E-state index is 0.235. The Bertz CT molecular complexity index is 1620. The smallest absolute Gasteiger partial charge is 0.349 e. The fourth-order valence-electron chi connectivity index (χ4n) is 8.23. The first kappa shape index (κ1) is 39.5. The summed E-state index contributed by atoms with van der Waals surface area (Å²) in [5.41, 5.74) is 2.93. The molecule has 3 aromatic rings. The summed E-state index contributed by atoms with van der Waals surface area (Å²) in [4.78, 5) is 0. The molecule has 4 aliphatic rings. The van der Waals surface area contributed by atoms with Crippen LogP contribution in [0.1, 0.15) is 64.5 Å². The van der Waals surface area contributed by atoms with Gasteiger partial charge in [-0.05, 0) is 11.1 Å². The van der Waals surface area contributed by atoms with Gasteiger partial charge >= 0.3 is 8.56 Å². The van der Waals surface area contributed by atoms with Gasteiger partial charge in [0.25, 0.3) is 0 Å². The zero-order chi connectivity index (χ0) is 37.9. The van der Waals surface area contributed by atoms with Gasteiger partial charge in [-0.25, -0.2) is 0 Å². The molecular formula is C43H56O10Si. The monoisotopic (exact) mass is 760 g/mol. The van der Waals surface area contributed by atoms with Crippen LogP contribution in [0.25, 0.3) is 0 Å². The van der Waals surface area contributed by atoms with Crippen LogP contribution in [0.3, 0.4) is 0 Å². The van der Waals surface area contributed by atoms with E-state index in [1.54, 1.807) is 6.08 Å². The third kappa shape index (κ3) is 8.33. The van der Waals surface area contributed by atoms with Crippen molar-refractivity contribution in [3.05, 3.63) is 120 Å². The highest BCUT2D eigenvalue weighted by Gasteiger charge is 2.66. The second-order valence-electron chi connectivity index (χ2n) is 16.5. The maximum atomic E-state index is 7.28. The molecule has 0 spiro atoms. The SMILES string of the molecule is C=CCO[C@@H]1O[C@@H]2CO[C@@H](c3ccccc3)O[C@H]2[C@H](O[C@H]2O[C@H]3CO[Si](C(C)(C)C)(C(C)(C)C)O[C@@H]3[C@H]2OCc2ccccc2)[C@H]1OCc1ccccc1. The predicted molar refractivity (Wildman–Crippen MR) is 204 cm³/mol. The van der Waals surface area contributed by atoms with Crippen LogP contribution < -0.4 is 0 Å². The quantitative estimate of drug-likeness (QED) is 0.135. The molecule has 0 radical (unpaired) electrons. The number of benzene rings is 3. The lowest BCUT2D eigenvalue weighted by molar-refractivity contribution is -0.383. The Hall–Kier alpha value is -2.78. The van der Waals surface area contributed by atoms with Gasteiger partial charge in [-0.1, -0.05) is 139 Å². The van der Waals surface area contributed by atoms with E-state index in [-0.39, 0.29) is 23.3 Å². The molecular weight excluding hydrogens is 705 g/mol. The summed E-state index contributed by atoms with van der Waals surface area (Å²) in [7, 11) is -2.90. The number of hydrogen-bond acceptors (Lipinski definition) is 10. The molecule has 54 heavy (non-hydrogen) atoms. The Balaban J connectivity index is 1.24. The van der Waals surface area contributed by atoms with Crippen molar-refractivity contribution in [2.45, 2.75) is 126 Å². The summed E-state index contributed by atoms with van der Waals surface area (Å²) in [5.74, 6) is 0. The largest absolute Gasteiger partial charge is 0.391 e. The Kier molecular flexibility index (Phi) is 12.2. The van der Waals surface area contributed by atoms with Crippen LogP contribution in [0.2, 0.25) is 10.1 Å². The van der Waals surface area contributed by atoms with Crippen LogP contribution in [0, 0.1) is 0 Å². The molecule has 292 valence electrons. The van der Waals surface area contributed by atoms with Crippen LogP contribution in [0.4, 0.5) is 0 Å². The Labute approximate surface area is 321 Å². The maximum absolute atomic E-state index is 7.28. The molecule has 0 aliphatic carbocycles. The molecule has 0 saturated carbocycles. The average Bonchev–Trinajstić information content (AvgIpc) is 3.51. The lowest BCUT2D eigenvalue weighted by atomic mass is 9.97. The summed E-state index contributed by atoms with van der Waals surface area (Å²) in [6.45, 7) is 18.6. The molecule has 11 heteroatoms. The van der Waals surface area contributed by atoms with Crippen LogP contribution in [0.15, 0.2) is 104 Å². The lowest BCUT2D eigenvalue weighted by Gasteiger charge is -2.53. The van der Waals surface area contributed by atoms with E-state index in [2.05, 4.69) is 60.3 Å². The molecule has 4 fully saturated rings. The van der Waals surface area contributed by atoms with Gasteiger partial charge in [-0.3, -0.25) is 0 Å². The third-order valence-electron chi connectivity index (χ3n) is 10.6. The van der Waals surface area contributed by atoms with E-state index >= 15 is 0 Å². The van der Waals surface area contributed by atoms with Crippen molar-refractivity contribution >= 4 is 8.56 Å². The summed E-state index contributed by atoms with van der Waals surface area (Å²) in [5, 5.41) is -0.469. The average molecular weight is 761 g/mol. The van der Waals surface area contributed by atoms with Gasteiger partial charge in [-0.2, -0.15) is 0 Å². The Morgan fingerprint density at radius 2 is 1.20 bits per heavy atom. The first-order valence-corrected chi connectivity index (χ1v) is 20.9. The van der Waals surface area contributed by atoms with Gasteiger partial charge in [0.1, 0.15) is 42.7 Å². The number of hydrogen-bond donors (Lipinski definition) is 0. The molecule has 3 aromatic carbocycles. The van der Waals surface area contributed by atoms with Crippen LogP contribution in [0.5, 0.6) is 0 Å². The lowest BCUT2D eigenvalue weighted by Crippen LogP contribution is -2.66. The van der Waals surface area contributed by atoms with Crippen molar-refractivity contribution in [2.24, 2.45) is 0 Å². The Morgan fingerprint density at radius 3 is 1.80 bits per heavy atom. The van der Waals surface area contributed by atoms with Crippen molar-refractivity contribution < 1.29 is 46.7 Å². The zero-order valence-corrected chi connectivity index (χ0v) is 33.3. The molecule has 4 heterocycles. The van der Waals surface area contributed by atoms with Crippen molar-refractivity contribution in [1.82, 2.24) is 0 Å². The van der Waals surface area contributed by atoms with Crippen LogP contribution in [-0.4, -0.2) is 83.7 Å². The summed E-state index contributed by atoms with van der Waals surface area (Å²) in [6.07, 6.45) is -4.63. The minimum Gasteiger partial charge on any atom is -0.391 e. The van der Waals surface area contributed by atoms with Crippen molar-refractivity contribution in [3.63, 3.8) is 0 Å². The molecule has 4 saturated heterocycles. The fraction of sp³-hybridized carbons (Fsp3) is 0.535. The number of ether oxygens (including phenoxy) is 8. The Morgan fingerprint density at radius 1 is 0.648 bits per heavy atom.